The van der Waals surface area contributed by atoms with E-state index >= 15 is 0 Å². The van der Waals surface area contributed by atoms with Gasteiger partial charge in [0, 0.05) is 23.8 Å². The number of hydrogen-bond acceptors (Lipinski definition) is 4. The van der Waals surface area contributed by atoms with Crippen LogP contribution in [0, 0.1) is 6.92 Å². The number of nitrogens with one attached hydrogen (secondary N) is 1. The number of nitrogens with zero attached hydrogens (tertiary/aromatic N) is 2. The van der Waals surface area contributed by atoms with Crippen molar-refractivity contribution in [2.24, 2.45) is 0 Å². The molecule has 0 aliphatic heterocycles. The largest absolute Gasteiger partial charge is 0.270 e. The molecule has 1 atom stereocenters. The highest BCUT2D eigenvalue weighted by molar-refractivity contribution is 7.91. The molecule has 20 heavy (non-hydrogen) atoms. The lowest BCUT2D eigenvalue weighted by Gasteiger charge is -2.13. The minimum absolute atomic E-state index is 0.217. The molecular weight excluding hydrogens is 318 g/mol. The molecule has 0 saturated heterocycles. The van der Waals surface area contributed by atoms with Crippen molar-refractivity contribution in [3.63, 3.8) is 0 Å². The lowest BCUT2D eigenvalue weighted by molar-refractivity contribution is 0.567. The van der Waals surface area contributed by atoms with Crippen molar-refractivity contribution < 1.29 is 8.42 Å². The first-order valence-electron chi connectivity index (χ1n) is 6.15. The minimum Gasteiger partial charge on any atom is -0.270 e. The van der Waals surface area contributed by atoms with Gasteiger partial charge in [0.1, 0.15) is 4.21 Å². The van der Waals surface area contributed by atoms with Crippen LogP contribution in [0.5, 0.6) is 0 Å². The van der Waals surface area contributed by atoms with Crippen molar-refractivity contribution in [1.29, 1.82) is 0 Å². The van der Waals surface area contributed by atoms with Gasteiger partial charge in [-0.15, -0.1) is 11.3 Å². The van der Waals surface area contributed by atoms with Crippen LogP contribution in [0.25, 0.3) is 0 Å². The standard InChI is InChI=1S/C12H16ClN3O2S2/c1-4-16-9(3)10(7-14-16)8(2)15-20(17,18)12-6-5-11(13)19-12/h5-8,15H,4H2,1-3H3. The summed E-state index contributed by atoms with van der Waals surface area (Å²) < 4.78 is 29.6. The molecule has 2 aromatic heterocycles. The number of aryl methyl sites for hydroxylation is 1. The zero-order valence-electron chi connectivity index (χ0n) is 11.4. The van der Waals surface area contributed by atoms with E-state index in [1.54, 1.807) is 19.2 Å². The fourth-order valence-corrected chi connectivity index (χ4v) is 4.72. The Kier molecular flexibility index (Phi) is 4.53. The molecule has 0 amide bonds. The fraction of sp³-hybridized carbons (Fsp3) is 0.417. The maximum atomic E-state index is 12.2. The van der Waals surface area contributed by atoms with Gasteiger partial charge in [0.25, 0.3) is 10.0 Å². The van der Waals surface area contributed by atoms with Gasteiger partial charge >= 0.3 is 0 Å². The topological polar surface area (TPSA) is 64.0 Å². The third-order valence-corrected chi connectivity index (χ3v) is 6.32. The Labute approximate surface area is 127 Å². The summed E-state index contributed by atoms with van der Waals surface area (Å²) in [6, 6.07) is 2.73. The second-order valence-electron chi connectivity index (χ2n) is 4.40. The van der Waals surface area contributed by atoms with E-state index in [2.05, 4.69) is 9.82 Å². The highest BCUT2D eigenvalue weighted by Gasteiger charge is 2.22. The van der Waals surface area contributed by atoms with Crippen LogP contribution in [-0.2, 0) is 16.6 Å². The Morgan fingerprint density at radius 1 is 1.50 bits per heavy atom. The van der Waals surface area contributed by atoms with Crippen LogP contribution in [0.3, 0.4) is 0 Å². The van der Waals surface area contributed by atoms with Gasteiger partial charge in [0.05, 0.1) is 10.5 Å². The molecular formula is C12H16ClN3O2S2. The molecule has 2 rings (SSSR count). The zero-order chi connectivity index (χ0) is 14.9. The Hall–Kier alpha value is -0.890. The summed E-state index contributed by atoms with van der Waals surface area (Å²) in [4.78, 5) is 0. The number of aromatic nitrogens is 2. The molecule has 0 radical (unpaired) electrons. The Bertz CT molecular complexity index is 706. The molecule has 1 unspecified atom stereocenters. The Morgan fingerprint density at radius 2 is 2.20 bits per heavy atom. The van der Waals surface area contributed by atoms with Crippen LogP contribution in [0.4, 0.5) is 0 Å². The first kappa shape index (κ1) is 15.5. The minimum atomic E-state index is -3.55. The first-order valence-corrected chi connectivity index (χ1v) is 8.83. The SMILES string of the molecule is CCn1ncc(C(C)NS(=O)(=O)c2ccc(Cl)s2)c1C. The lowest BCUT2D eigenvalue weighted by Crippen LogP contribution is -2.26. The van der Waals surface area contributed by atoms with Crippen LogP contribution >= 0.6 is 22.9 Å². The molecule has 0 fully saturated rings. The summed E-state index contributed by atoms with van der Waals surface area (Å²) in [5.74, 6) is 0. The first-order chi connectivity index (χ1) is 9.35. The van der Waals surface area contributed by atoms with Crippen molar-refractivity contribution in [3.8, 4) is 0 Å². The monoisotopic (exact) mass is 333 g/mol. The lowest BCUT2D eigenvalue weighted by atomic mass is 10.1. The molecule has 0 bridgehead atoms. The van der Waals surface area contributed by atoms with E-state index < -0.39 is 10.0 Å². The predicted octanol–water partition coefficient (Wildman–Crippen LogP) is 2.97. The molecule has 0 spiro atoms. The maximum Gasteiger partial charge on any atom is 0.250 e. The number of thiophene rings is 1. The summed E-state index contributed by atoms with van der Waals surface area (Å²) >= 11 is 6.82. The Morgan fingerprint density at radius 3 is 2.70 bits per heavy atom. The molecule has 8 heteroatoms. The van der Waals surface area contributed by atoms with Gasteiger partial charge < -0.3 is 0 Å². The van der Waals surface area contributed by atoms with Crippen molar-refractivity contribution in [2.45, 2.75) is 37.6 Å². The Balaban J connectivity index is 2.22. The van der Waals surface area contributed by atoms with E-state index in [-0.39, 0.29) is 10.3 Å². The molecule has 0 aromatic carbocycles. The van der Waals surface area contributed by atoms with Gasteiger partial charge in [-0.1, -0.05) is 11.6 Å². The number of hydrogen-bond donors (Lipinski definition) is 1. The third kappa shape index (κ3) is 3.06. The van der Waals surface area contributed by atoms with Crippen molar-refractivity contribution in [2.75, 3.05) is 0 Å². The van der Waals surface area contributed by atoms with Gasteiger partial charge in [0.15, 0.2) is 0 Å². The molecule has 0 aliphatic carbocycles. The van der Waals surface area contributed by atoms with Crippen LogP contribution in [0.15, 0.2) is 22.5 Å². The molecule has 0 saturated carbocycles. The predicted molar refractivity (Wildman–Crippen MR) is 80.7 cm³/mol. The molecule has 0 aliphatic rings. The summed E-state index contributed by atoms with van der Waals surface area (Å²) in [5.41, 5.74) is 1.84. The van der Waals surface area contributed by atoms with E-state index in [1.807, 2.05) is 18.5 Å². The second kappa shape index (κ2) is 5.85. The molecule has 5 nitrogen and oxygen atoms in total. The van der Waals surface area contributed by atoms with Crippen LogP contribution in [-0.4, -0.2) is 18.2 Å². The van der Waals surface area contributed by atoms with E-state index in [9.17, 15) is 8.42 Å². The van der Waals surface area contributed by atoms with Crippen LogP contribution < -0.4 is 4.72 Å². The van der Waals surface area contributed by atoms with Gasteiger partial charge in [-0.3, -0.25) is 4.68 Å². The third-order valence-electron chi connectivity index (χ3n) is 3.05. The van der Waals surface area contributed by atoms with Crippen molar-refractivity contribution >= 4 is 33.0 Å². The number of sulfonamides is 1. The van der Waals surface area contributed by atoms with Gasteiger partial charge in [-0.25, -0.2) is 13.1 Å². The smallest absolute Gasteiger partial charge is 0.250 e. The summed E-state index contributed by atoms with van der Waals surface area (Å²) in [6.45, 7) is 6.48. The zero-order valence-corrected chi connectivity index (χ0v) is 13.8. The van der Waals surface area contributed by atoms with E-state index in [0.717, 1.165) is 29.1 Å². The maximum absolute atomic E-state index is 12.2. The molecule has 2 heterocycles. The van der Waals surface area contributed by atoms with E-state index in [0.29, 0.717) is 4.34 Å². The molecule has 1 N–H and O–H groups in total. The highest BCUT2D eigenvalue weighted by atomic mass is 35.5. The fourth-order valence-electron chi connectivity index (χ4n) is 2.00. The number of halogens is 1. The highest BCUT2D eigenvalue weighted by Crippen LogP contribution is 2.27. The van der Waals surface area contributed by atoms with Gasteiger partial charge in [-0.05, 0) is 32.9 Å². The summed E-state index contributed by atoms with van der Waals surface area (Å²) in [7, 11) is -3.55. The average molecular weight is 334 g/mol. The quantitative estimate of drug-likeness (QED) is 0.914. The summed E-state index contributed by atoms with van der Waals surface area (Å²) in [6.07, 6.45) is 1.70. The molecule has 110 valence electrons. The second-order valence-corrected chi connectivity index (χ2v) is 8.06. The van der Waals surface area contributed by atoms with E-state index in [4.69, 9.17) is 11.6 Å². The normalized spacial score (nSPS) is 13.6. The van der Waals surface area contributed by atoms with E-state index in [1.165, 1.54) is 6.07 Å². The van der Waals surface area contributed by atoms with Crippen LogP contribution in [0.2, 0.25) is 4.34 Å². The molecule has 2 aromatic rings. The van der Waals surface area contributed by atoms with Crippen molar-refractivity contribution in [3.05, 3.63) is 33.9 Å². The number of rotatable bonds is 5. The van der Waals surface area contributed by atoms with Gasteiger partial charge in [0.2, 0.25) is 0 Å². The van der Waals surface area contributed by atoms with Crippen LogP contribution in [0.1, 0.15) is 31.1 Å². The summed E-state index contributed by atoms with van der Waals surface area (Å²) in [5, 5.41) is 4.23. The van der Waals surface area contributed by atoms with Crippen molar-refractivity contribution in [1.82, 2.24) is 14.5 Å². The van der Waals surface area contributed by atoms with Gasteiger partial charge in [-0.2, -0.15) is 5.10 Å². The average Bonchev–Trinajstić information content (AvgIpc) is 2.95.